The van der Waals surface area contributed by atoms with Gasteiger partial charge in [-0.25, -0.2) is 17.2 Å². The number of aromatic nitrogens is 2. The second-order valence-corrected chi connectivity index (χ2v) is 9.97. The molecule has 1 amide bonds. The van der Waals surface area contributed by atoms with Crippen LogP contribution in [0.2, 0.25) is 0 Å². The number of carbonyl (C=O) groups excluding carboxylic acids is 1. The predicted molar refractivity (Wildman–Crippen MR) is 125 cm³/mol. The van der Waals surface area contributed by atoms with Crippen LogP contribution in [-0.4, -0.2) is 40.4 Å². The van der Waals surface area contributed by atoms with Crippen LogP contribution in [0.5, 0.6) is 0 Å². The third kappa shape index (κ3) is 4.19. The Hall–Kier alpha value is -3.72. The third-order valence-electron chi connectivity index (χ3n) is 5.37. The van der Waals surface area contributed by atoms with Crippen molar-refractivity contribution in [2.75, 3.05) is 0 Å². The zero-order chi connectivity index (χ0) is 23.8. The fraction of sp³-hybridized carbons (Fsp3) is 0.208. The van der Waals surface area contributed by atoms with Crippen molar-refractivity contribution in [3.63, 3.8) is 0 Å². The Bertz CT molecular complexity index is 1470. The number of benzene rings is 2. The van der Waals surface area contributed by atoms with Crippen molar-refractivity contribution in [1.82, 2.24) is 14.3 Å². The van der Waals surface area contributed by atoms with Gasteiger partial charge in [0.15, 0.2) is 0 Å². The maximum absolute atomic E-state index is 13.7. The van der Waals surface area contributed by atoms with Gasteiger partial charge in [-0.15, -0.1) is 0 Å². The van der Waals surface area contributed by atoms with E-state index in [9.17, 15) is 23.1 Å². The Morgan fingerprint density at radius 2 is 1.79 bits per heavy atom. The minimum absolute atomic E-state index is 0.0107. The second-order valence-electron chi connectivity index (χ2n) is 8.19. The molecule has 0 fully saturated rings. The third-order valence-corrected chi connectivity index (χ3v) is 7.07. The molecular weight excluding hydrogens is 442 g/mol. The Morgan fingerprint density at radius 1 is 1.06 bits per heavy atom. The van der Waals surface area contributed by atoms with E-state index in [2.05, 4.69) is 10.3 Å². The molecule has 9 heteroatoms. The van der Waals surface area contributed by atoms with Crippen LogP contribution in [0.1, 0.15) is 30.6 Å². The summed E-state index contributed by atoms with van der Waals surface area (Å²) in [6.45, 7) is 3.72. The molecular formula is C24H23N3O5S. The lowest BCUT2D eigenvalue weighted by Gasteiger charge is -2.16. The van der Waals surface area contributed by atoms with Gasteiger partial charge in [0.05, 0.1) is 16.6 Å². The van der Waals surface area contributed by atoms with Gasteiger partial charge >= 0.3 is 5.97 Å². The number of carboxylic acid groups (broad SMARTS) is 1. The first-order valence-corrected chi connectivity index (χ1v) is 11.9. The van der Waals surface area contributed by atoms with Crippen LogP contribution < -0.4 is 5.32 Å². The molecule has 1 atom stereocenters. The molecule has 2 aromatic carbocycles. The fourth-order valence-corrected chi connectivity index (χ4v) is 5.39. The highest BCUT2D eigenvalue weighted by atomic mass is 32.2. The number of pyridine rings is 1. The first-order chi connectivity index (χ1) is 15.7. The van der Waals surface area contributed by atoms with E-state index in [1.165, 1.54) is 18.5 Å². The Morgan fingerprint density at radius 3 is 2.52 bits per heavy atom. The van der Waals surface area contributed by atoms with Gasteiger partial charge in [0.25, 0.3) is 15.9 Å². The summed E-state index contributed by atoms with van der Waals surface area (Å²) in [7, 11) is -4.11. The quantitative estimate of drug-likeness (QED) is 0.430. The summed E-state index contributed by atoms with van der Waals surface area (Å²) in [5.41, 5.74) is 0.718. The number of aliphatic carboxylic acids is 1. The minimum atomic E-state index is -4.11. The van der Waals surface area contributed by atoms with Crippen molar-refractivity contribution < 1.29 is 23.1 Å². The summed E-state index contributed by atoms with van der Waals surface area (Å²) in [6, 6.07) is 13.9. The molecule has 33 heavy (non-hydrogen) atoms. The minimum Gasteiger partial charge on any atom is -0.480 e. The van der Waals surface area contributed by atoms with Crippen LogP contribution in [0.25, 0.3) is 21.8 Å². The van der Waals surface area contributed by atoms with E-state index in [4.69, 9.17) is 0 Å². The molecule has 0 saturated carbocycles. The molecule has 0 aliphatic rings. The number of hydrogen-bond donors (Lipinski definition) is 2. The average Bonchev–Trinajstić information content (AvgIpc) is 3.18. The molecule has 0 radical (unpaired) electrons. The molecule has 2 N–H and O–H groups in total. The van der Waals surface area contributed by atoms with Crippen molar-refractivity contribution in [2.24, 2.45) is 5.92 Å². The highest BCUT2D eigenvalue weighted by Gasteiger charge is 2.28. The highest BCUT2D eigenvalue weighted by molar-refractivity contribution is 7.90. The van der Waals surface area contributed by atoms with Crippen LogP contribution in [-0.2, 0) is 14.8 Å². The number of amides is 1. The molecule has 0 spiro atoms. The van der Waals surface area contributed by atoms with Crippen molar-refractivity contribution in [3.05, 3.63) is 72.6 Å². The summed E-state index contributed by atoms with van der Waals surface area (Å²) in [6.07, 6.45) is 3.01. The topological polar surface area (TPSA) is 118 Å². The van der Waals surface area contributed by atoms with Gasteiger partial charge in [0.2, 0.25) is 0 Å². The van der Waals surface area contributed by atoms with E-state index in [-0.39, 0.29) is 22.8 Å². The normalized spacial score (nSPS) is 12.8. The van der Waals surface area contributed by atoms with Gasteiger partial charge in [0, 0.05) is 23.2 Å². The van der Waals surface area contributed by atoms with Crippen LogP contribution in [0.4, 0.5) is 0 Å². The van der Waals surface area contributed by atoms with Crippen molar-refractivity contribution >= 4 is 43.7 Å². The zero-order valence-electron chi connectivity index (χ0n) is 18.1. The molecule has 0 bridgehead atoms. The van der Waals surface area contributed by atoms with Gasteiger partial charge in [-0.1, -0.05) is 50.2 Å². The lowest BCUT2D eigenvalue weighted by atomic mass is 10.0. The highest BCUT2D eigenvalue weighted by Crippen LogP contribution is 2.29. The Kier molecular flexibility index (Phi) is 5.90. The predicted octanol–water partition coefficient (Wildman–Crippen LogP) is 3.66. The Labute approximate surface area is 190 Å². The largest absolute Gasteiger partial charge is 0.480 e. The average molecular weight is 466 g/mol. The summed E-state index contributed by atoms with van der Waals surface area (Å²) in [5.74, 6) is -1.74. The van der Waals surface area contributed by atoms with Gasteiger partial charge in [-0.2, -0.15) is 0 Å². The number of carbonyl (C=O) groups is 2. The summed E-state index contributed by atoms with van der Waals surface area (Å²) in [4.78, 5) is 28.9. The van der Waals surface area contributed by atoms with Crippen LogP contribution >= 0.6 is 0 Å². The van der Waals surface area contributed by atoms with Gasteiger partial charge in [-0.05, 0) is 30.5 Å². The molecule has 8 nitrogen and oxygen atoms in total. The first-order valence-electron chi connectivity index (χ1n) is 10.4. The van der Waals surface area contributed by atoms with E-state index in [0.29, 0.717) is 21.8 Å². The van der Waals surface area contributed by atoms with Gasteiger partial charge in [0.1, 0.15) is 10.9 Å². The molecule has 2 heterocycles. The molecule has 0 aliphatic heterocycles. The van der Waals surface area contributed by atoms with Crippen LogP contribution in [0.15, 0.2) is 71.9 Å². The van der Waals surface area contributed by atoms with E-state index in [0.717, 1.165) is 3.97 Å². The molecule has 2 aromatic heterocycles. The lowest BCUT2D eigenvalue weighted by molar-refractivity contribution is -0.139. The molecule has 4 rings (SSSR count). The van der Waals surface area contributed by atoms with Crippen LogP contribution in [0.3, 0.4) is 0 Å². The van der Waals surface area contributed by atoms with E-state index in [1.807, 2.05) is 13.8 Å². The second kappa shape index (κ2) is 8.67. The first kappa shape index (κ1) is 22.5. The van der Waals surface area contributed by atoms with Crippen molar-refractivity contribution in [3.8, 4) is 0 Å². The van der Waals surface area contributed by atoms with Crippen molar-refractivity contribution in [2.45, 2.75) is 31.2 Å². The maximum atomic E-state index is 13.7. The molecule has 0 saturated heterocycles. The lowest BCUT2D eigenvalue weighted by Crippen LogP contribution is -2.41. The standard InChI is InChI=1S/C24H23N3O5S/c1-15(2)13-19(24(29)30)26-23(28)18-14-27(20-10-4-3-9-17(18)20)33(31,32)21-11-5-7-16-8-6-12-25-22(16)21/h3-12,14-15,19H,13H2,1-2H3,(H,26,28)(H,29,30)/t19-/m0/s1. The zero-order valence-corrected chi connectivity index (χ0v) is 18.9. The SMILES string of the molecule is CC(C)C[C@H](NC(=O)c1cn(S(=O)(=O)c2cccc3cccnc23)c2ccccc12)C(=O)O. The smallest absolute Gasteiger partial charge is 0.326 e. The molecule has 170 valence electrons. The van der Waals surface area contributed by atoms with Crippen molar-refractivity contribution in [1.29, 1.82) is 0 Å². The molecule has 0 aliphatic carbocycles. The molecule has 0 unspecified atom stereocenters. The number of nitrogens with one attached hydrogen (secondary N) is 1. The molecule has 4 aromatic rings. The number of hydrogen-bond acceptors (Lipinski definition) is 5. The van der Waals surface area contributed by atoms with Gasteiger partial charge in [-0.3, -0.25) is 9.78 Å². The van der Waals surface area contributed by atoms with E-state index >= 15 is 0 Å². The van der Waals surface area contributed by atoms with E-state index < -0.39 is 27.9 Å². The summed E-state index contributed by atoms with van der Waals surface area (Å²) >= 11 is 0. The van der Waals surface area contributed by atoms with Crippen LogP contribution in [0, 0.1) is 5.92 Å². The maximum Gasteiger partial charge on any atom is 0.326 e. The fourth-order valence-electron chi connectivity index (χ4n) is 3.85. The number of nitrogens with zero attached hydrogens (tertiary/aromatic N) is 2. The monoisotopic (exact) mass is 465 g/mol. The number of rotatable bonds is 7. The van der Waals surface area contributed by atoms with E-state index in [1.54, 1.807) is 48.5 Å². The Balaban J connectivity index is 1.84. The van der Waals surface area contributed by atoms with Gasteiger partial charge < -0.3 is 10.4 Å². The summed E-state index contributed by atoms with van der Waals surface area (Å²) in [5, 5.41) is 13.1. The number of fused-ring (bicyclic) bond motifs is 2. The number of carboxylic acids is 1. The summed E-state index contributed by atoms with van der Waals surface area (Å²) < 4.78 is 28.4. The number of para-hydroxylation sites is 2.